The van der Waals surface area contributed by atoms with E-state index in [0.29, 0.717) is 23.7 Å². The van der Waals surface area contributed by atoms with Gasteiger partial charge in [0.05, 0.1) is 19.8 Å². The van der Waals surface area contributed by atoms with Crippen molar-refractivity contribution in [3.63, 3.8) is 0 Å². The van der Waals surface area contributed by atoms with Crippen molar-refractivity contribution in [3.05, 3.63) is 74.9 Å². The van der Waals surface area contributed by atoms with Crippen LogP contribution >= 0.6 is 0 Å². The fourth-order valence-corrected chi connectivity index (χ4v) is 4.40. The Morgan fingerprint density at radius 1 is 0.973 bits per heavy atom. The van der Waals surface area contributed by atoms with Crippen LogP contribution in [0.15, 0.2) is 58.1 Å². The number of aliphatic hydroxyl groups is 1. The Balaban J connectivity index is 1.61. The first-order valence-corrected chi connectivity index (χ1v) is 12.8. The molecule has 0 spiro atoms. The summed E-state index contributed by atoms with van der Waals surface area (Å²) in [5, 5.41) is 12.4. The molecule has 0 radical (unpaired) electrons. The molecule has 9 heteroatoms. The zero-order valence-electron chi connectivity index (χ0n) is 21.7. The second-order valence-electron chi connectivity index (χ2n) is 9.18. The van der Waals surface area contributed by atoms with Crippen LogP contribution in [0.5, 0.6) is 5.75 Å². The Kier molecular flexibility index (Phi) is 8.45. The van der Waals surface area contributed by atoms with E-state index in [4.69, 9.17) is 4.74 Å². The lowest BCUT2D eigenvalue weighted by Crippen LogP contribution is -2.37. The van der Waals surface area contributed by atoms with Gasteiger partial charge in [0.2, 0.25) is 5.95 Å². The molecule has 0 fully saturated rings. The Morgan fingerprint density at radius 2 is 1.76 bits per heavy atom. The number of ether oxygens (including phenoxy) is 1. The predicted molar refractivity (Wildman–Crippen MR) is 146 cm³/mol. The number of aliphatic hydroxyl groups excluding tert-OH is 1. The average molecular weight is 506 g/mol. The molecule has 4 rings (SSSR count). The van der Waals surface area contributed by atoms with Crippen molar-refractivity contribution in [2.24, 2.45) is 14.1 Å². The molecule has 0 unspecified atom stereocenters. The molecule has 9 nitrogen and oxygen atoms in total. The third-order valence-electron chi connectivity index (χ3n) is 6.46. The fraction of sp³-hybridized carbons (Fsp3) is 0.393. The summed E-state index contributed by atoms with van der Waals surface area (Å²) in [6, 6.07) is 16.2. The number of fused-ring (bicyclic) bond motifs is 1. The summed E-state index contributed by atoms with van der Waals surface area (Å²) >= 11 is 0. The molecular weight excluding hydrogens is 470 g/mol. The summed E-state index contributed by atoms with van der Waals surface area (Å²) in [5.41, 5.74) is 2.85. The van der Waals surface area contributed by atoms with E-state index in [2.05, 4.69) is 23.3 Å². The van der Waals surface area contributed by atoms with E-state index in [1.807, 2.05) is 42.5 Å². The third kappa shape index (κ3) is 5.77. The van der Waals surface area contributed by atoms with Crippen molar-refractivity contribution >= 4 is 17.1 Å². The summed E-state index contributed by atoms with van der Waals surface area (Å²) in [6.07, 6.45) is 4.70. The topological polar surface area (TPSA) is 103 Å². The number of aromatic nitrogens is 4. The number of benzene rings is 2. The number of imidazole rings is 1. The first kappa shape index (κ1) is 26.2. The molecule has 37 heavy (non-hydrogen) atoms. The number of unbranched alkanes of at least 4 members (excludes halogenated alkanes) is 3. The maximum absolute atomic E-state index is 13.0. The van der Waals surface area contributed by atoms with E-state index < -0.39 is 11.2 Å². The highest BCUT2D eigenvalue weighted by atomic mass is 16.5. The lowest BCUT2D eigenvalue weighted by molar-refractivity contribution is 0.305. The minimum absolute atomic E-state index is 0.0892. The summed E-state index contributed by atoms with van der Waals surface area (Å²) in [7, 11) is 3.05. The van der Waals surface area contributed by atoms with Crippen molar-refractivity contribution in [1.29, 1.82) is 0 Å². The van der Waals surface area contributed by atoms with Crippen LogP contribution in [-0.2, 0) is 20.6 Å². The van der Waals surface area contributed by atoms with Crippen molar-refractivity contribution in [1.82, 2.24) is 18.7 Å². The van der Waals surface area contributed by atoms with Gasteiger partial charge in [-0.2, -0.15) is 4.98 Å². The maximum atomic E-state index is 13.0. The minimum atomic E-state index is -0.439. The second kappa shape index (κ2) is 11.9. The molecule has 2 heterocycles. The number of nitrogens with zero attached hydrogens (tertiary/aromatic N) is 4. The fourth-order valence-electron chi connectivity index (χ4n) is 4.40. The lowest BCUT2D eigenvalue weighted by Gasteiger charge is -2.12. The van der Waals surface area contributed by atoms with Crippen LogP contribution in [0.25, 0.3) is 22.3 Å². The van der Waals surface area contributed by atoms with Crippen molar-refractivity contribution in [2.45, 2.75) is 39.2 Å². The van der Waals surface area contributed by atoms with E-state index in [1.54, 1.807) is 11.6 Å². The monoisotopic (exact) mass is 505 g/mol. The first-order chi connectivity index (χ1) is 17.9. The largest absolute Gasteiger partial charge is 0.494 e. The molecule has 2 N–H and O–H groups in total. The molecule has 0 bridgehead atoms. The quantitative estimate of drug-likeness (QED) is 0.286. The summed E-state index contributed by atoms with van der Waals surface area (Å²) < 4.78 is 10.1. The molecule has 2 aromatic carbocycles. The Bertz CT molecular complexity index is 1470. The lowest BCUT2D eigenvalue weighted by atomic mass is 10.0. The van der Waals surface area contributed by atoms with Crippen LogP contribution in [0, 0.1) is 0 Å². The molecule has 0 aliphatic carbocycles. The van der Waals surface area contributed by atoms with Gasteiger partial charge in [-0.15, -0.1) is 0 Å². The van der Waals surface area contributed by atoms with Crippen molar-refractivity contribution in [3.8, 4) is 16.9 Å². The van der Waals surface area contributed by atoms with Crippen LogP contribution in [0.2, 0.25) is 0 Å². The number of hydrogen-bond acceptors (Lipinski definition) is 6. The Labute approximate surface area is 216 Å². The zero-order chi connectivity index (χ0) is 26.4. The van der Waals surface area contributed by atoms with Crippen molar-refractivity contribution < 1.29 is 9.84 Å². The van der Waals surface area contributed by atoms with Gasteiger partial charge in [-0.25, -0.2) is 4.79 Å². The van der Waals surface area contributed by atoms with Gasteiger partial charge < -0.3 is 15.2 Å². The zero-order valence-corrected chi connectivity index (χ0v) is 21.7. The molecule has 4 aromatic rings. The SMILES string of the molecule is CCCCCCOc1ccc(-c2cccc(Cn3c(NCCO)nc4c3c(=O)n(C)c(=O)n4C)c2)cc1. The van der Waals surface area contributed by atoms with Gasteiger partial charge in [0, 0.05) is 20.6 Å². The van der Waals surface area contributed by atoms with Gasteiger partial charge >= 0.3 is 5.69 Å². The van der Waals surface area contributed by atoms with E-state index in [1.165, 1.54) is 30.9 Å². The van der Waals surface area contributed by atoms with Gasteiger partial charge in [0.1, 0.15) is 5.75 Å². The van der Waals surface area contributed by atoms with Crippen LogP contribution < -0.4 is 21.3 Å². The Morgan fingerprint density at radius 3 is 2.49 bits per heavy atom. The van der Waals surface area contributed by atoms with Gasteiger partial charge in [-0.3, -0.25) is 18.5 Å². The molecule has 0 amide bonds. The number of nitrogens with one attached hydrogen (secondary N) is 1. The molecule has 2 aromatic heterocycles. The molecular formula is C28H35N5O4. The van der Waals surface area contributed by atoms with Crippen LogP contribution in [0.1, 0.15) is 38.2 Å². The van der Waals surface area contributed by atoms with E-state index in [0.717, 1.165) is 40.0 Å². The smallest absolute Gasteiger partial charge is 0.332 e. The van der Waals surface area contributed by atoms with E-state index >= 15 is 0 Å². The molecule has 196 valence electrons. The van der Waals surface area contributed by atoms with Gasteiger partial charge in [-0.1, -0.05) is 56.5 Å². The van der Waals surface area contributed by atoms with Crippen LogP contribution in [-0.4, -0.2) is 43.6 Å². The first-order valence-electron chi connectivity index (χ1n) is 12.8. The predicted octanol–water partition coefficient (Wildman–Crippen LogP) is 3.51. The third-order valence-corrected chi connectivity index (χ3v) is 6.46. The van der Waals surface area contributed by atoms with Gasteiger partial charge in [-0.05, 0) is 41.3 Å². The number of aryl methyl sites for hydroxylation is 1. The van der Waals surface area contributed by atoms with Crippen LogP contribution in [0.3, 0.4) is 0 Å². The Hall–Kier alpha value is -3.85. The average Bonchev–Trinajstić information content (AvgIpc) is 3.28. The maximum Gasteiger partial charge on any atom is 0.332 e. The normalized spacial score (nSPS) is 11.2. The standard InChI is InChI=1S/C28H35N5O4/c1-4-5-6-7-17-37-23-13-11-21(12-14-23)22-10-8-9-20(18-22)19-33-24-25(30-27(33)29-15-16-34)31(2)28(36)32(3)26(24)35/h8-14,18,34H,4-7,15-17,19H2,1-3H3,(H,29,30). The number of hydrogen-bond donors (Lipinski definition) is 2. The highest BCUT2D eigenvalue weighted by molar-refractivity contribution is 5.74. The van der Waals surface area contributed by atoms with Crippen LogP contribution in [0.4, 0.5) is 5.95 Å². The molecule has 0 aliphatic rings. The number of anilines is 1. The highest BCUT2D eigenvalue weighted by Crippen LogP contribution is 2.25. The molecule has 0 atom stereocenters. The summed E-state index contributed by atoms with van der Waals surface area (Å²) in [5.74, 6) is 1.29. The molecule has 0 saturated heterocycles. The molecule has 0 saturated carbocycles. The summed E-state index contributed by atoms with van der Waals surface area (Å²) in [6.45, 7) is 3.47. The highest BCUT2D eigenvalue weighted by Gasteiger charge is 2.19. The minimum Gasteiger partial charge on any atom is -0.494 e. The second-order valence-corrected chi connectivity index (χ2v) is 9.18. The van der Waals surface area contributed by atoms with E-state index in [-0.39, 0.29) is 13.2 Å². The van der Waals surface area contributed by atoms with Crippen molar-refractivity contribution in [2.75, 3.05) is 25.1 Å². The summed E-state index contributed by atoms with van der Waals surface area (Å²) in [4.78, 5) is 30.0. The molecule has 0 aliphatic heterocycles. The van der Waals surface area contributed by atoms with E-state index in [9.17, 15) is 14.7 Å². The van der Waals surface area contributed by atoms with Gasteiger partial charge in [0.15, 0.2) is 11.2 Å². The van der Waals surface area contributed by atoms with Gasteiger partial charge in [0.25, 0.3) is 5.56 Å². The number of rotatable bonds is 12.